The maximum absolute atomic E-state index is 15.0. The molecule has 26 heavy (non-hydrogen) atoms. The normalized spacial score (nSPS) is 21.5. The van der Waals surface area contributed by atoms with E-state index in [1.165, 1.54) is 0 Å². The van der Waals surface area contributed by atoms with Crippen molar-refractivity contribution >= 4 is 28.5 Å². The minimum Gasteiger partial charge on any atom is -0.352 e. The fraction of sp³-hybridized carbons (Fsp3) is 0.143. The van der Waals surface area contributed by atoms with Gasteiger partial charge in [0.2, 0.25) is 0 Å². The van der Waals surface area contributed by atoms with Crippen LogP contribution in [0.5, 0.6) is 0 Å². The van der Waals surface area contributed by atoms with Gasteiger partial charge in [-0.05, 0) is 36.9 Å². The maximum atomic E-state index is 15.0. The molecule has 2 aromatic rings. The number of benzene rings is 2. The van der Waals surface area contributed by atoms with Gasteiger partial charge in [0, 0.05) is 22.7 Å². The highest BCUT2D eigenvalue weighted by Gasteiger charge is 2.47. The van der Waals surface area contributed by atoms with Crippen molar-refractivity contribution in [1.82, 2.24) is 5.32 Å². The quantitative estimate of drug-likeness (QED) is 0.549. The van der Waals surface area contributed by atoms with Crippen LogP contribution in [-0.4, -0.2) is 19.6 Å². The van der Waals surface area contributed by atoms with Crippen molar-refractivity contribution < 1.29 is 4.39 Å². The van der Waals surface area contributed by atoms with Crippen LogP contribution in [0.15, 0.2) is 86.7 Å². The lowest BCUT2D eigenvalue weighted by molar-refractivity contribution is 0.531. The SMILES string of the molecule is C=N/C=C(F)\C(=C/C)C1(c2cccc(Br)c2)NC(=NC)c2ccccc21. The Labute approximate surface area is 161 Å². The Hall–Kier alpha value is -2.53. The van der Waals surface area contributed by atoms with Crippen LogP contribution in [0.4, 0.5) is 4.39 Å². The molecule has 2 aromatic carbocycles. The van der Waals surface area contributed by atoms with Crippen LogP contribution in [0.1, 0.15) is 23.6 Å². The lowest BCUT2D eigenvalue weighted by Crippen LogP contribution is -2.42. The third kappa shape index (κ3) is 2.82. The molecule has 0 saturated carbocycles. The predicted octanol–water partition coefficient (Wildman–Crippen LogP) is 5.13. The van der Waals surface area contributed by atoms with E-state index in [9.17, 15) is 0 Å². The number of nitrogens with zero attached hydrogens (tertiary/aromatic N) is 2. The van der Waals surface area contributed by atoms with Gasteiger partial charge in [0.15, 0.2) is 0 Å². The average Bonchev–Trinajstić information content (AvgIpc) is 2.98. The highest BCUT2D eigenvalue weighted by Crippen LogP contribution is 2.46. The van der Waals surface area contributed by atoms with Crippen molar-refractivity contribution in [3.05, 3.63) is 93.4 Å². The van der Waals surface area contributed by atoms with Crippen molar-refractivity contribution in [2.75, 3.05) is 7.05 Å². The third-order valence-corrected chi connectivity index (χ3v) is 5.02. The Morgan fingerprint density at radius 1 is 1.23 bits per heavy atom. The zero-order valence-electron chi connectivity index (χ0n) is 14.6. The van der Waals surface area contributed by atoms with E-state index in [4.69, 9.17) is 0 Å². The van der Waals surface area contributed by atoms with E-state index in [2.05, 4.69) is 37.9 Å². The summed E-state index contributed by atoms with van der Waals surface area (Å²) in [5.41, 5.74) is 2.36. The highest BCUT2D eigenvalue weighted by molar-refractivity contribution is 9.10. The van der Waals surface area contributed by atoms with Gasteiger partial charge in [0.05, 0.1) is 6.20 Å². The molecule has 0 radical (unpaired) electrons. The van der Waals surface area contributed by atoms with Gasteiger partial charge in [-0.1, -0.05) is 58.4 Å². The van der Waals surface area contributed by atoms with Gasteiger partial charge in [-0.25, -0.2) is 4.39 Å². The topological polar surface area (TPSA) is 36.8 Å². The fourth-order valence-corrected chi connectivity index (χ4v) is 3.91. The molecule has 0 aromatic heterocycles. The molecule has 1 unspecified atom stereocenters. The second-order valence-corrected chi connectivity index (χ2v) is 6.78. The minimum absolute atomic E-state index is 0.442. The van der Waals surface area contributed by atoms with E-state index in [1.807, 2.05) is 55.5 Å². The summed E-state index contributed by atoms with van der Waals surface area (Å²) in [6.45, 7) is 5.20. The molecule has 1 N–H and O–H groups in total. The average molecular weight is 412 g/mol. The summed E-state index contributed by atoms with van der Waals surface area (Å²) >= 11 is 3.53. The largest absolute Gasteiger partial charge is 0.352 e. The second kappa shape index (κ2) is 7.38. The third-order valence-electron chi connectivity index (χ3n) is 4.53. The summed E-state index contributed by atoms with van der Waals surface area (Å²) in [6.07, 6.45) is 2.90. The molecule has 0 spiro atoms. The summed E-state index contributed by atoms with van der Waals surface area (Å²) in [5.74, 6) is 0.279. The van der Waals surface area contributed by atoms with Crippen LogP contribution in [0.3, 0.4) is 0 Å². The number of allylic oxidation sites excluding steroid dienone is 1. The molecule has 1 aliphatic rings. The molecule has 5 heteroatoms. The molecule has 0 amide bonds. The first-order valence-corrected chi connectivity index (χ1v) is 8.97. The molecule has 132 valence electrons. The summed E-state index contributed by atoms with van der Waals surface area (Å²) in [5, 5.41) is 3.47. The number of rotatable bonds is 4. The van der Waals surface area contributed by atoms with Gasteiger partial charge >= 0.3 is 0 Å². The van der Waals surface area contributed by atoms with Crippen molar-refractivity contribution in [1.29, 1.82) is 0 Å². The monoisotopic (exact) mass is 411 g/mol. The predicted molar refractivity (Wildman–Crippen MR) is 109 cm³/mol. The van der Waals surface area contributed by atoms with Crippen LogP contribution >= 0.6 is 15.9 Å². The molecule has 0 bridgehead atoms. The molecule has 0 fully saturated rings. The van der Waals surface area contributed by atoms with Crippen molar-refractivity contribution in [3.8, 4) is 0 Å². The van der Waals surface area contributed by atoms with Gasteiger partial charge in [-0.2, -0.15) is 0 Å². The molecule has 1 heterocycles. The lowest BCUT2D eigenvalue weighted by atomic mass is 9.77. The van der Waals surface area contributed by atoms with Crippen LogP contribution in [0, 0.1) is 0 Å². The van der Waals surface area contributed by atoms with Crippen molar-refractivity contribution in [3.63, 3.8) is 0 Å². The number of fused-ring (bicyclic) bond motifs is 1. The number of aliphatic imine (C=N–C) groups is 2. The molecule has 3 rings (SSSR count). The van der Waals surface area contributed by atoms with Crippen LogP contribution in [0.25, 0.3) is 0 Å². The highest BCUT2D eigenvalue weighted by atomic mass is 79.9. The molecule has 1 atom stereocenters. The zero-order valence-corrected chi connectivity index (χ0v) is 16.2. The molecule has 3 nitrogen and oxygen atoms in total. The first-order chi connectivity index (χ1) is 12.6. The number of halogens is 2. The van der Waals surface area contributed by atoms with Gasteiger partial charge in [-0.15, -0.1) is 0 Å². The summed E-state index contributed by atoms with van der Waals surface area (Å²) < 4.78 is 16.0. The van der Waals surface area contributed by atoms with Gasteiger partial charge in [0.1, 0.15) is 17.2 Å². The summed E-state index contributed by atoms with van der Waals surface area (Å²) in [4.78, 5) is 8.00. The van der Waals surface area contributed by atoms with E-state index < -0.39 is 11.4 Å². The maximum Gasteiger partial charge on any atom is 0.147 e. The first-order valence-electron chi connectivity index (χ1n) is 8.18. The Balaban J connectivity index is 2.40. The molecular formula is C21H19BrFN3. The molecule has 0 saturated heterocycles. The second-order valence-electron chi connectivity index (χ2n) is 5.87. The number of amidine groups is 1. The first kappa shape index (κ1) is 18.3. The smallest absolute Gasteiger partial charge is 0.147 e. The van der Waals surface area contributed by atoms with E-state index in [0.29, 0.717) is 5.57 Å². The molecule has 1 aliphatic heterocycles. The van der Waals surface area contributed by atoms with Gasteiger partial charge in [0.25, 0.3) is 0 Å². The lowest BCUT2D eigenvalue weighted by Gasteiger charge is -2.34. The number of hydrogen-bond donors (Lipinski definition) is 1. The number of nitrogens with one attached hydrogen (secondary N) is 1. The van der Waals surface area contributed by atoms with E-state index in [0.717, 1.165) is 33.2 Å². The fourth-order valence-electron chi connectivity index (χ4n) is 3.51. The van der Waals surface area contributed by atoms with Gasteiger partial charge < -0.3 is 5.32 Å². The van der Waals surface area contributed by atoms with Crippen LogP contribution in [-0.2, 0) is 5.54 Å². The van der Waals surface area contributed by atoms with Crippen LogP contribution < -0.4 is 5.32 Å². The summed E-state index contributed by atoms with van der Waals surface area (Å²) in [6, 6.07) is 15.7. The van der Waals surface area contributed by atoms with E-state index >= 15 is 4.39 Å². The zero-order chi connectivity index (χ0) is 18.7. The Morgan fingerprint density at radius 2 is 2.00 bits per heavy atom. The van der Waals surface area contributed by atoms with E-state index in [1.54, 1.807) is 13.1 Å². The van der Waals surface area contributed by atoms with Crippen LogP contribution in [0.2, 0.25) is 0 Å². The van der Waals surface area contributed by atoms with Gasteiger partial charge in [-0.3, -0.25) is 9.98 Å². The Kier molecular flexibility index (Phi) is 5.18. The Morgan fingerprint density at radius 3 is 2.65 bits per heavy atom. The van der Waals surface area contributed by atoms with Crippen molar-refractivity contribution in [2.24, 2.45) is 9.98 Å². The van der Waals surface area contributed by atoms with Crippen molar-refractivity contribution in [2.45, 2.75) is 12.5 Å². The standard InChI is InChI=1S/C21H19BrFN3/c1-4-17(19(23)13-24-2)21(14-8-7-9-15(22)12-14)18-11-6-5-10-16(18)20(25-3)26-21/h4-13H,2H2,1,3H3,(H,25,26)/b17-4+,19-13+. The molecule has 0 aliphatic carbocycles. The minimum atomic E-state index is -0.907. The molecular weight excluding hydrogens is 393 g/mol. The number of hydrogen-bond acceptors (Lipinski definition) is 2. The summed E-state index contributed by atoms with van der Waals surface area (Å²) in [7, 11) is 1.73. The Bertz CT molecular complexity index is 946. The van der Waals surface area contributed by atoms with E-state index in [-0.39, 0.29) is 0 Å².